The topological polar surface area (TPSA) is 72.5 Å². The highest BCUT2D eigenvalue weighted by molar-refractivity contribution is 9.10. The van der Waals surface area contributed by atoms with E-state index in [1.54, 1.807) is 0 Å². The molecule has 5 nitrogen and oxygen atoms in total. The molecule has 2 aromatic rings. The van der Waals surface area contributed by atoms with Crippen LogP contribution in [0.15, 0.2) is 45.8 Å². The average molecular weight is 501 g/mol. The molecule has 0 saturated carbocycles. The van der Waals surface area contributed by atoms with Crippen LogP contribution in [-0.2, 0) is 16.4 Å². The van der Waals surface area contributed by atoms with Gasteiger partial charge in [-0.15, -0.1) is 13.2 Å². The Kier molecular flexibility index (Phi) is 7.00. The Morgan fingerprint density at radius 1 is 1.21 bits per heavy atom. The first-order valence-electron chi connectivity index (χ1n) is 7.77. The van der Waals surface area contributed by atoms with Crippen molar-refractivity contribution in [1.82, 2.24) is 5.32 Å². The van der Waals surface area contributed by atoms with Gasteiger partial charge in [0, 0.05) is 21.6 Å². The molecule has 0 radical (unpaired) electrons. The maximum absolute atomic E-state index is 12.4. The number of benzene rings is 2. The summed E-state index contributed by atoms with van der Waals surface area (Å²) in [5.74, 6) is -1.42. The number of alkyl halides is 3. The van der Waals surface area contributed by atoms with Crippen molar-refractivity contribution in [2.45, 2.75) is 24.7 Å². The molecule has 0 saturated heterocycles. The van der Waals surface area contributed by atoms with Gasteiger partial charge in [-0.1, -0.05) is 34.5 Å². The molecular formula is C17H14BrClF3NO4S. The minimum absolute atomic E-state index is 0.0232. The number of sulfone groups is 1. The molecule has 0 bridgehead atoms. The summed E-state index contributed by atoms with van der Waals surface area (Å²) in [6.45, 7) is 1.30. The zero-order chi connectivity index (χ0) is 21.1. The standard InChI is InChI=1S/C17H14BrClF3NO4S/c1-2-28(25,26)15-4-3-13(19)6-11(15)9-23-16(24)10-5-12(18)8-14(7-10)27-17(20,21)22/h3-8H,2,9H2,1H3,(H,23,24). The molecule has 11 heteroatoms. The molecule has 1 N–H and O–H groups in total. The first-order valence-corrected chi connectivity index (χ1v) is 10.6. The van der Waals surface area contributed by atoms with Crippen molar-refractivity contribution in [2.75, 3.05) is 5.75 Å². The molecule has 0 atom stereocenters. The van der Waals surface area contributed by atoms with Crippen LogP contribution in [0.3, 0.4) is 0 Å². The highest BCUT2D eigenvalue weighted by Gasteiger charge is 2.31. The van der Waals surface area contributed by atoms with E-state index in [1.807, 2.05) is 0 Å². The quantitative estimate of drug-likeness (QED) is 0.623. The SMILES string of the molecule is CCS(=O)(=O)c1ccc(Cl)cc1CNC(=O)c1cc(Br)cc(OC(F)(F)F)c1. The minimum Gasteiger partial charge on any atom is -0.406 e. The first kappa shape index (κ1) is 22.5. The lowest BCUT2D eigenvalue weighted by Crippen LogP contribution is -2.24. The fraction of sp³-hybridized carbons (Fsp3) is 0.235. The fourth-order valence-corrected chi connectivity index (χ4v) is 4.09. The van der Waals surface area contributed by atoms with Crippen LogP contribution in [0, 0.1) is 0 Å². The van der Waals surface area contributed by atoms with Crippen molar-refractivity contribution in [3.05, 3.63) is 57.0 Å². The van der Waals surface area contributed by atoms with Gasteiger partial charge < -0.3 is 10.1 Å². The molecule has 0 unspecified atom stereocenters. The zero-order valence-corrected chi connectivity index (χ0v) is 17.5. The van der Waals surface area contributed by atoms with E-state index in [0.717, 1.165) is 12.1 Å². The Morgan fingerprint density at radius 3 is 2.50 bits per heavy atom. The summed E-state index contributed by atoms with van der Waals surface area (Å²) in [5, 5.41) is 2.76. The number of carbonyl (C=O) groups is 1. The van der Waals surface area contributed by atoms with E-state index in [9.17, 15) is 26.4 Å². The monoisotopic (exact) mass is 499 g/mol. The van der Waals surface area contributed by atoms with Gasteiger partial charge in [-0.2, -0.15) is 0 Å². The van der Waals surface area contributed by atoms with Gasteiger partial charge in [0.1, 0.15) is 5.75 Å². The molecule has 0 aliphatic carbocycles. The third-order valence-electron chi connectivity index (χ3n) is 3.54. The Hall–Kier alpha value is -1.78. The summed E-state index contributed by atoms with van der Waals surface area (Å²) in [6.07, 6.45) is -4.90. The number of carbonyl (C=O) groups excluding carboxylic acids is 1. The number of amides is 1. The molecule has 0 spiro atoms. The lowest BCUT2D eigenvalue weighted by molar-refractivity contribution is -0.274. The average Bonchev–Trinajstić information content (AvgIpc) is 2.57. The van der Waals surface area contributed by atoms with E-state index in [2.05, 4.69) is 26.0 Å². The van der Waals surface area contributed by atoms with E-state index < -0.39 is 27.9 Å². The second-order valence-electron chi connectivity index (χ2n) is 5.56. The number of hydrogen-bond acceptors (Lipinski definition) is 4. The van der Waals surface area contributed by atoms with Crippen molar-refractivity contribution in [2.24, 2.45) is 0 Å². The van der Waals surface area contributed by atoms with Crippen LogP contribution in [0.2, 0.25) is 5.02 Å². The van der Waals surface area contributed by atoms with E-state index in [1.165, 1.54) is 31.2 Å². The summed E-state index contributed by atoms with van der Waals surface area (Å²) in [6, 6.07) is 7.47. The van der Waals surface area contributed by atoms with E-state index in [-0.39, 0.29) is 37.8 Å². The molecule has 0 aliphatic rings. The summed E-state index contributed by atoms with van der Waals surface area (Å²) < 4.78 is 65.6. The molecule has 0 heterocycles. The van der Waals surface area contributed by atoms with Crippen molar-refractivity contribution in [1.29, 1.82) is 0 Å². The summed E-state index contributed by atoms with van der Waals surface area (Å²) >= 11 is 8.93. The smallest absolute Gasteiger partial charge is 0.406 e. The van der Waals surface area contributed by atoms with E-state index in [0.29, 0.717) is 0 Å². The lowest BCUT2D eigenvalue weighted by Gasteiger charge is -2.13. The van der Waals surface area contributed by atoms with Gasteiger partial charge in [-0.05, 0) is 42.0 Å². The van der Waals surface area contributed by atoms with Gasteiger partial charge in [0.15, 0.2) is 9.84 Å². The van der Waals surface area contributed by atoms with Gasteiger partial charge in [0.2, 0.25) is 0 Å². The Morgan fingerprint density at radius 2 is 1.89 bits per heavy atom. The number of halogens is 5. The third-order valence-corrected chi connectivity index (χ3v) is 6.07. The summed E-state index contributed by atoms with van der Waals surface area (Å²) in [7, 11) is -3.55. The number of hydrogen-bond donors (Lipinski definition) is 1. The molecule has 0 aliphatic heterocycles. The second kappa shape index (κ2) is 8.71. The van der Waals surface area contributed by atoms with Crippen LogP contribution in [-0.4, -0.2) is 26.4 Å². The highest BCUT2D eigenvalue weighted by Crippen LogP contribution is 2.27. The predicted octanol–water partition coefficient (Wildman–Crippen LogP) is 4.72. The minimum atomic E-state index is -4.90. The molecule has 152 valence electrons. The predicted molar refractivity (Wildman–Crippen MR) is 101 cm³/mol. The fourth-order valence-electron chi connectivity index (χ4n) is 2.31. The van der Waals surface area contributed by atoms with Crippen LogP contribution in [0.5, 0.6) is 5.75 Å². The summed E-state index contributed by atoms with van der Waals surface area (Å²) in [4.78, 5) is 12.4. The molecule has 28 heavy (non-hydrogen) atoms. The van der Waals surface area contributed by atoms with Crippen molar-refractivity contribution in [3.8, 4) is 5.75 Å². The summed E-state index contributed by atoms with van der Waals surface area (Å²) in [5.41, 5.74) is 0.167. The highest BCUT2D eigenvalue weighted by atomic mass is 79.9. The normalized spacial score (nSPS) is 11.9. The van der Waals surface area contributed by atoms with Crippen molar-refractivity contribution in [3.63, 3.8) is 0 Å². The van der Waals surface area contributed by atoms with Crippen LogP contribution >= 0.6 is 27.5 Å². The molecule has 1 amide bonds. The number of nitrogens with one attached hydrogen (secondary N) is 1. The third kappa shape index (κ3) is 6.11. The van der Waals surface area contributed by atoms with Crippen LogP contribution in [0.25, 0.3) is 0 Å². The largest absolute Gasteiger partial charge is 0.573 e. The van der Waals surface area contributed by atoms with Crippen molar-refractivity contribution >= 4 is 43.3 Å². The second-order valence-corrected chi connectivity index (χ2v) is 9.16. The maximum atomic E-state index is 12.4. The van der Waals surface area contributed by atoms with E-state index in [4.69, 9.17) is 11.6 Å². The molecule has 2 aromatic carbocycles. The first-order chi connectivity index (χ1) is 12.9. The molecule has 0 aromatic heterocycles. The number of rotatable bonds is 6. The Bertz CT molecular complexity index is 996. The van der Waals surface area contributed by atoms with Crippen LogP contribution < -0.4 is 10.1 Å². The zero-order valence-electron chi connectivity index (χ0n) is 14.3. The maximum Gasteiger partial charge on any atom is 0.573 e. The van der Waals surface area contributed by atoms with Crippen molar-refractivity contribution < 1.29 is 31.1 Å². The van der Waals surface area contributed by atoms with Crippen LogP contribution in [0.4, 0.5) is 13.2 Å². The lowest BCUT2D eigenvalue weighted by atomic mass is 10.2. The van der Waals surface area contributed by atoms with Gasteiger partial charge in [-0.25, -0.2) is 8.42 Å². The Labute approximate surface area is 172 Å². The van der Waals surface area contributed by atoms with Gasteiger partial charge >= 0.3 is 6.36 Å². The molecule has 2 rings (SSSR count). The molecular weight excluding hydrogens is 487 g/mol. The number of ether oxygens (including phenoxy) is 1. The molecule has 0 fully saturated rings. The van der Waals surface area contributed by atoms with Gasteiger partial charge in [0.05, 0.1) is 10.6 Å². The Balaban J connectivity index is 2.25. The van der Waals surface area contributed by atoms with Gasteiger partial charge in [0.25, 0.3) is 5.91 Å². The van der Waals surface area contributed by atoms with Crippen LogP contribution in [0.1, 0.15) is 22.8 Å². The van der Waals surface area contributed by atoms with E-state index >= 15 is 0 Å². The van der Waals surface area contributed by atoms with Gasteiger partial charge in [-0.3, -0.25) is 4.79 Å².